The van der Waals surface area contributed by atoms with Gasteiger partial charge in [-0.25, -0.2) is 9.37 Å². The predicted molar refractivity (Wildman–Crippen MR) is 98.9 cm³/mol. The molecule has 0 amide bonds. The fourth-order valence-electron chi connectivity index (χ4n) is 3.51. The van der Waals surface area contributed by atoms with Crippen LogP contribution in [-0.2, 0) is 0 Å². The summed E-state index contributed by atoms with van der Waals surface area (Å²) in [6, 6.07) is 17.4. The Labute approximate surface area is 140 Å². The Morgan fingerprint density at radius 1 is 0.708 bits per heavy atom. The van der Waals surface area contributed by atoms with Crippen molar-refractivity contribution in [2.24, 2.45) is 0 Å². The van der Waals surface area contributed by atoms with Crippen LogP contribution in [0.15, 0.2) is 54.6 Å². The van der Waals surface area contributed by atoms with E-state index in [1.165, 1.54) is 28.3 Å². The molecule has 0 saturated carbocycles. The van der Waals surface area contributed by atoms with Crippen molar-refractivity contribution in [1.29, 1.82) is 0 Å². The van der Waals surface area contributed by atoms with Gasteiger partial charge in [-0.05, 0) is 67.8 Å². The van der Waals surface area contributed by atoms with E-state index in [4.69, 9.17) is 4.98 Å². The molecule has 0 aliphatic rings. The van der Waals surface area contributed by atoms with E-state index < -0.39 is 0 Å². The normalized spacial score (nSPS) is 11.3. The first-order valence-corrected chi connectivity index (χ1v) is 8.11. The van der Waals surface area contributed by atoms with E-state index in [0.717, 1.165) is 27.4 Å². The van der Waals surface area contributed by atoms with Crippen LogP contribution in [0.5, 0.6) is 0 Å². The van der Waals surface area contributed by atoms with Crippen molar-refractivity contribution in [3.05, 3.63) is 77.1 Å². The molecule has 0 radical (unpaired) electrons. The Hall–Kier alpha value is -2.74. The number of nitrogens with zero attached hydrogens (tertiary/aromatic N) is 1. The minimum atomic E-state index is -0.233. The minimum Gasteiger partial charge on any atom is -0.248 e. The summed E-state index contributed by atoms with van der Waals surface area (Å²) in [5.74, 6) is -0.233. The fraction of sp³-hybridized carbons (Fsp3) is 0.136. The average Bonchev–Trinajstić information content (AvgIpc) is 2.54. The topological polar surface area (TPSA) is 12.9 Å². The van der Waals surface area contributed by atoms with E-state index in [0.29, 0.717) is 0 Å². The second-order valence-corrected chi connectivity index (χ2v) is 6.44. The predicted octanol–water partition coefficient (Wildman–Crippen LogP) is 6.12. The molecular weight excluding hydrogens is 297 g/mol. The molecule has 0 spiro atoms. The van der Waals surface area contributed by atoms with Crippen molar-refractivity contribution >= 4 is 21.8 Å². The van der Waals surface area contributed by atoms with E-state index in [2.05, 4.69) is 51.1 Å². The van der Waals surface area contributed by atoms with Gasteiger partial charge in [0.2, 0.25) is 0 Å². The van der Waals surface area contributed by atoms with Crippen molar-refractivity contribution in [2.45, 2.75) is 20.8 Å². The van der Waals surface area contributed by atoms with Gasteiger partial charge in [-0.2, -0.15) is 0 Å². The number of halogens is 1. The Morgan fingerprint density at radius 2 is 1.33 bits per heavy atom. The molecule has 24 heavy (non-hydrogen) atoms. The van der Waals surface area contributed by atoms with Crippen LogP contribution in [0, 0.1) is 26.6 Å². The summed E-state index contributed by atoms with van der Waals surface area (Å²) in [5.41, 5.74) is 7.57. The standard InChI is InChI=1S/C22H18FN/c1-13-7-9-19-17(11-13)22(21-14(2)5-4-6-15(21)3)18-12-16(23)8-10-20(18)24-19/h4-12H,1-3H3. The lowest BCUT2D eigenvalue weighted by Crippen LogP contribution is -1.94. The number of fused-ring (bicyclic) bond motifs is 2. The second-order valence-electron chi connectivity index (χ2n) is 6.44. The molecule has 3 aromatic carbocycles. The first-order chi connectivity index (χ1) is 11.5. The molecule has 0 aliphatic carbocycles. The Bertz CT molecular complexity index is 1020. The highest BCUT2D eigenvalue weighted by Gasteiger charge is 2.15. The van der Waals surface area contributed by atoms with Gasteiger partial charge in [0.05, 0.1) is 11.0 Å². The van der Waals surface area contributed by atoms with E-state index in [1.54, 1.807) is 12.1 Å². The van der Waals surface area contributed by atoms with Gasteiger partial charge in [-0.15, -0.1) is 0 Å². The zero-order chi connectivity index (χ0) is 16.8. The number of hydrogen-bond acceptors (Lipinski definition) is 1. The molecular formula is C22H18FN. The Kier molecular flexibility index (Phi) is 3.34. The lowest BCUT2D eigenvalue weighted by Gasteiger charge is -2.16. The summed E-state index contributed by atoms with van der Waals surface area (Å²) in [6.45, 7) is 6.29. The molecule has 0 aliphatic heterocycles. The van der Waals surface area contributed by atoms with Gasteiger partial charge in [-0.1, -0.05) is 29.8 Å². The molecule has 1 nitrogen and oxygen atoms in total. The molecule has 0 saturated heterocycles. The maximum atomic E-state index is 14.0. The van der Waals surface area contributed by atoms with Crippen LogP contribution >= 0.6 is 0 Å². The summed E-state index contributed by atoms with van der Waals surface area (Å²) in [4.78, 5) is 4.74. The summed E-state index contributed by atoms with van der Waals surface area (Å²) in [5, 5.41) is 1.94. The monoisotopic (exact) mass is 315 g/mol. The van der Waals surface area contributed by atoms with Crippen molar-refractivity contribution in [2.75, 3.05) is 0 Å². The van der Waals surface area contributed by atoms with Gasteiger partial charge in [0.15, 0.2) is 0 Å². The average molecular weight is 315 g/mol. The molecule has 0 N–H and O–H groups in total. The summed E-state index contributed by atoms with van der Waals surface area (Å²) in [7, 11) is 0. The number of aryl methyl sites for hydroxylation is 3. The van der Waals surface area contributed by atoms with Crippen molar-refractivity contribution in [3.8, 4) is 11.1 Å². The van der Waals surface area contributed by atoms with Gasteiger partial charge < -0.3 is 0 Å². The summed E-state index contributed by atoms with van der Waals surface area (Å²) in [6.07, 6.45) is 0. The van der Waals surface area contributed by atoms with Crippen LogP contribution in [0.2, 0.25) is 0 Å². The van der Waals surface area contributed by atoms with Crippen LogP contribution < -0.4 is 0 Å². The third-order valence-corrected chi connectivity index (χ3v) is 4.62. The molecule has 0 fully saturated rings. The first-order valence-electron chi connectivity index (χ1n) is 8.11. The van der Waals surface area contributed by atoms with Crippen LogP contribution in [0.3, 0.4) is 0 Å². The third kappa shape index (κ3) is 2.26. The van der Waals surface area contributed by atoms with Crippen LogP contribution in [0.25, 0.3) is 32.9 Å². The highest BCUT2D eigenvalue weighted by molar-refractivity contribution is 6.10. The van der Waals surface area contributed by atoms with E-state index in [1.807, 2.05) is 6.07 Å². The number of benzene rings is 3. The number of hydrogen-bond donors (Lipinski definition) is 0. The molecule has 1 heterocycles. The Morgan fingerprint density at radius 3 is 2.04 bits per heavy atom. The highest BCUT2D eigenvalue weighted by Crippen LogP contribution is 2.38. The third-order valence-electron chi connectivity index (χ3n) is 4.62. The van der Waals surface area contributed by atoms with Crippen molar-refractivity contribution in [3.63, 3.8) is 0 Å². The van der Waals surface area contributed by atoms with Crippen molar-refractivity contribution in [1.82, 2.24) is 4.98 Å². The number of rotatable bonds is 1. The molecule has 4 rings (SSSR count). The van der Waals surface area contributed by atoms with E-state index >= 15 is 0 Å². The second kappa shape index (κ2) is 5.41. The molecule has 0 atom stereocenters. The minimum absolute atomic E-state index is 0.233. The van der Waals surface area contributed by atoms with Gasteiger partial charge in [0.25, 0.3) is 0 Å². The molecule has 4 aromatic rings. The Balaban J connectivity index is 2.29. The highest BCUT2D eigenvalue weighted by atomic mass is 19.1. The number of pyridine rings is 1. The maximum absolute atomic E-state index is 14.0. The first kappa shape index (κ1) is 14.8. The molecule has 0 unspecified atom stereocenters. The van der Waals surface area contributed by atoms with Crippen molar-refractivity contribution < 1.29 is 4.39 Å². The SMILES string of the molecule is Cc1ccc2nc3ccc(F)cc3c(-c3c(C)cccc3C)c2c1. The van der Waals surface area contributed by atoms with Gasteiger partial charge in [0, 0.05) is 16.3 Å². The van der Waals surface area contributed by atoms with Crippen LogP contribution in [-0.4, -0.2) is 4.98 Å². The molecule has 0 bridgehead atoms. The zero-order valence-corrected chi connectivity index (χ0v) is 14.0. The smallest absolute Gasteiger partial charge is 0.123 e. The number of aromatic nitrogens is 1. The van der Waals surface area contributed by atoms with Gasteiger partial charge >= 0.3 is 0 Å². The summed E-state index contributed by atoms with van der Waals surface area (Å²) < 4.78 is 14.0. The van der Waals surface area contributed by atoms with E-state index in [9.17, 15) is 4.39 Å². The molecule has 118 valence electrons. The van der Waals surface area contributed by atoms with Crippen LogP contribution in [0.4, 0.5) is 4.39 Å². The van der Waals surface area contributed by atoms with E-state index in [-0.39, 0.29) is 5.82 Å². The largest absolute Gasteiger partial charge is 0.248 e. The fourth-order valence-corrected chi connectivity index (χ4v) is 3.51. The quantitative estimate of drug-likeness (QED) is 0.386. The zero-order valence-electron chi connectivity index (χ0n) is 14.0. The maximum Gasteiger partial charge on any atom is 0.123 e. The lowest BCUT2D eigenvalue weighted by molar-refractivity contribution is 0.629. The van der Waals surface area contributed by atoms with Gasteiger partial charge in [-0.3, -0.25) is 0 Å². The lowest BCUT2D eigenvalue weighted by atomic mass is 9.90. The van der Waals surface area contributed by atoms with Crippen LogP contribution in [0.1, 0.15) is 16.7 Å². The molecule has 2 heteroatoms. The van der Waals surface area contributed by atoms with Gasteiger partial charge in [0.1, 0.15) is 5.82 Å². The molecule has 1 aromatic heterocycles. The summed E-state index contributed by atoms with van der Waals surface area (Å²) >= 11 is 0.